The van der Waals surface area contributed by atoms with Crippen molar-refractivity contribution in [2.24, 2.45) is 0 Å². The molecular formula is CH2BO2U. The summed E-state index contributed by atoms with van der Waals surface area (Å²) in [5, 5.41) is 7.48. The third kappa shape index (κ3) is 89.1. The van der Waals surface area contributed by atoms with Gasteiger partial charge in [-0.25, -0.2) is 0 Å². The van der Waals surface area contributed by atoms with E-state index in [1.54, 1.807) is 0 Å². The topological polar surface area (TPSA) is 37.3 Å². The monoisotopic (exact) mass is 296 g/mol. The van der Waals surface area contributed by atoms with Gasteiger partial charge in [-0.15, -0.1) is 0 Å². The molecule has 0 aromatic carbocycles. The van der Waals surface area contributed by atoms with Gasteiger partial charge in [-0.05, 0) is 1.34 Å². The first-order chi connectivity index (χ1) is 2.27. The molecule has 0 spiro atoms. The molecular weight excluding hydrogens is 293 g/mol. The zero-order valence-corrected chi connectivity index (χ0v) is 6.60. The first kappa shape index (κ1) is 5.59. The molecule has 1 radical (unpaired) electrons. The van der Waals surface area contributed by atoms with Gasteiger partial charge in [-0.3, -0.25) is 4.79 Å². The number of carboxylic acid groups (broad SMARTS) is 1. The molecule has 2 nitrogen and oxygen atoms in total. The quantitative estimate of drug-likeness (QED) is 0.667. The number of hydrogen-bond acceptors (Lipinski definition) is 1. The minimum absolute atomic E-state index is 0. The fourth-order valence-corrected chi connectivity index (χ4v) is 0. The van der Waals surface area contributed by atoms with Gasteiger partial charge in [0.15, 0.2) is 0 Å². The van der Waals surface area contributed by atoms with Crippen molar-refractivity contribution < 1.29 is 41.0 Å². The Labute approximate surface area is 56.1 Å². The van der Waals surface area contributed by atoms with E-state index in [0.717, 1.165) is 0 Å². The third-order valence-corrected chi connectivity index (χ3v) is 0. The fourth-order valence-electron chi connectivity index (χ4n) is 0. The van der Waals surface area contributed by atoms with Gasteiger partial charge in [0, 0.05) is 31.1 Å². The molecule has 0 aromatic rings. The van der Waals surface area contributed by atoms with Crippen LogP contribution in [0.4, 0.5) is 4.79 Å². The third-order valence-electron chi connectivity index (χ3n) is 0. The standard InChI is InChI=1S/CH2BO2.U/c2-1(3)4;/h2H,(H,3,4);/i2D;. The molecule has 0 aliphatic rings. The molecule has 25 valence electrons. The molecule has 1 N–H and O–H groups in total. The maximum absolute atomic E-state index is 9.12. The first-order valence-electron chi connectivity index (χ1n) is 1.29. The second-order valence-corrected chi connectivity index (χ2v) is 0.338. The minimum Gasteiger partial charge on any atom is -0.490 e. The Morgan fingerprint density at radius 2 is 2.40 bits per heavy atom. The van der Waals surface area contributed by atoms with Crippen molar-refractivity contribution >= 4 is 13.7 Å². The predicted octanol–water partition coefficient (Wildman–Crippen LogP) is -0.435. The Bertz CT molecular complexity index is 48.8. The molecule has 5 heavy (non-hydrogen) atoms. The van der Waals surface area contributed by atoms with Crippen molar-refractivity contribution in [2.75, 3.05) is 0 Å². The maximum Gasteiger partial charge on any atom is 0.239 e. The van der Waals surface area contributed by atoms with Crippen molar-refractivity contribution in [3.8, 4) is 0 Å². The van der Waals surface area contributed by atoms with Crippen molar-refractivity contribution in [1.29, 1.82) is 1.34 Å². The Morgan fingerprint density at radius 1 is 2.20 bits per heavy atom. The average Bonchev–Trinajstić information content (AvgIpc) is 1.38. The van der Waals surface area contributed by atoms with E-state index >= 15 is 0 Å². The van der Waals surface area contributed by atoms with E-state index in [9.17, 15) is 0 Å². The Morgan fingerprint density at radius 3 is 2.40 bits per heavy atom. The van der Waals surface area contributed by atoms with Crippen LogP contribution in [0.5, 0.6) is 0 Å². The molecule has 0 heterocycles. The molecule has 0 saturated carbocycles. The van der Waals surface area contributed by atoms with Gasteiger partial charge >= 0.3 is 0 Å². The molecule has 0 aliphatic carbocycles. The largest absolute Gasteiger partial charge is 0.490 e. The molecule has 0 amide bonds. The van der Waals surface area contributed by atoms with Crippen LogP contribution in [0.25, 0.3) is 0 Å². The van der Waals surface area contributed by atoms with Crippen molar-refractivity contribution in [2.45, 2.75) is 0 Å². The summed E-state index contributed by atoms with van der Waals surface area (Å²) >= 11 is 0. The van der Waals surface area contributed by atoms with E-state index in [1.807, 2.05) is 0 Å². The van der Waals surface area contributed by atoms with Crippen LogP contribution in [0.2, 0.25) is 0 Å². The smallest absolute Gasteiger partial charge is 0.239 e. The van der Waals surface area contributed by atoms with E-state index in [-0.39, 0.29) is 31.1 Å². The van der Waals surface area contributed by atoms with E-state index in [2.05, 4.69) is 0 Å². The Kier molecular flexibility index (Phi) is 5.13. The SMILES string of the molecule is [2H][B]C(=O)O.[U]. The van der Waals surface area contributed by atoms with Crippen molar-refractivity contribution in [3.63, 3.8) is 0 Å². The Balaban J connectivity index is 0. The second kappa shape index (κ2) is 4.59. The van der Waals surface area contributed by atoms with Gasteiger partial charge in [0.2, 0.25) is 13.7 Å². The Hall–Kier alpha value is 0.587. The molecule has 0 aliphatic heterocycles. The number of rotatable bonds is 1. The summed E-state index contributed by atoms with van der Waals surface area (Å²) in [5.41, 5.74) is 0. The predicted molar refractivity (Wildman–Crippen MR) is 15.2 cm³/mol. The van der Waals surface area contributed by atoms with E-state index in [1.165, 1.54) is 0 Å². The van der Waals surface area contributed by atoms with Crippen LogP contribution < -0.4 is 0 Å². The molecule has 0 saturated heterocycles. The van der Waals surface area contributed by atoms with E-state index < -0.39 is 5.87 Å². The minimum atomic E-state index is -1.20. The zero-order chi connectivity index (χ0) is 4.28. The van der Waals surface area contributed by atoms with E-state index in [0.29, 0.717) is 7.81 Å². The van der Waals surface area contributed by atoms with Crippen LogP contribution in [0, 0.1) is 31.1 Å². The molecule has 0 bridgehead atoms. The van der Waals surface area contributed by atoms with Gasteiger partial charge in [0.25, 0.3) is 0 Å². The van der Waals surface area contributed by atoms with Crippen LogP contribution in [0.15, 0.2) is 0 Å². The van der Waals surface area contributed by atoms with Crippen LogP contribution in [-0.2, 0) is 0 Å². The molecule has 0 rings (SSSR count). The zero-order valence-electron chi connectivity index (χ0n) is 3.43. The van der Waals surface area contributed by atoms with Crippen LogP contribution in [-0.4, -0.2) is 20.1 Å². The van der Waals surface area contributed by atoms with Gasteiger partial charge in [0.1, 0.15) is 0 Å². The fraction of sp³-hybridized carbons (Fsp3) is 0. The summed E-state index contributed by atoms with van der Waals surface area (Å²) in [6.07, 6.45) is 0. The number of hydrogen-bond donors (Lipinski definition) is 1. The van der Waals surface area contributed by atoms with E-state index in [4.69, 9.17) is 11.2 Å². The van der Waals surface area contributed by atoms with Gasteiger partial charge in [0.05, 0.1) is 0 Å². The summed E-state index contributed by atoms with van der Waals surface area (Å²) in [7, 11) is 0.333. The number of carbonyl (C=O) groups is 1. The summed E-state index contributed by atoms with van der Waals surface area (Å²) in [6, 6.07) is 0. The summed E-state index contributed by atoms with van der Waals surface area (Å²) < 4.78 is 5.93. The molecule has 0 aromatic heterocycles. The van der Waals surface area contributed by atoms with Crippen molar-refractivity contribution in [3.05, 3.63) is 0 Å². The summed E-state index contributed by atoms with van der Waals surface area (Å²) in [6.45, 7) is 0. The molecule has 0 unspecified atom stereocenters. The molecule has 0 atom stereocenters. The second-order valence-electron chi connectivity index (χ2n) is 0.338. The van der Waals surface area contributed by atoms with Crippen molar-refractivity contribution in [1.82, 2.24) is 0 Å². The normalized spacial score (nSPS) is 6.80. The summed E-state index contributed by atoms with van der Waals surface area (Å²) in [5.74, 6) is -1.20. The van der Waals surface area contributed by atoms with Gasteiger partial charge in [-0.1, -0.05) is 0 Å². The first-order valence-corrected chi connectivity index (χ1v) is 0.716. The van der Waals surface area contributed by atoms with Gasteiger partial charge < -0.3 is 5.11 Å². The van der Waals surface area contributed by atoms with Crippen LogP contribution >= 0.6 is 0 Å². The average molecular weight is 296 g/mol. The van der Waals surface area contributed by atoms with Crippen LogP contribution in [0.1, 0.15) is 0 Å². The molecule has 0 fully saturated rings. The maximum atomic E-state index is 9.12. The van der Waals surface area contributed by atoms with Gasteiger partial charge in [-0.2, -0.15) is 0 Å². The van der Waals surface area contributed by atoms with Crippen LogP contribution in [0.3, 0.4) is 0 Å². The molecule has 4 heteroatoms. The summed E-state index contributed by atoms with van der Waals surface area (Å²) in [4.78, 5) is 9.12.